The Hall–Kier alpha value is -0.870. The Morgan fingerprint density at radius 3 is 3.25 bits per heavy atom. The molecule has 3 nitrogen and oxygen atoms in total. The molecule has 0 saturated carbocycles. The second kappa shape index (κ2) is 3.25. The summed E-state index contributed by atoms with van der Waals surface area (Å²) in [6.07, 6.45) is 0. The number of nitrogens with zero attached hydrogens (tertiary/aromatic N) is 2. The van der Waals surface area contributed by atoms with Crippen molar-refractivity contribution >= 4 is 17.2 Å². The predicted octanol–water partition coefficient (Wildman–Crippen LogP) is 0.945. The smallest absolute Gasteiger partial charge is 0.155 e. The van der Waals surface area contributed by atoms with E-state index in [0.29, 0.717) is 0 Å². The Balaban J connectivity index is 2.23. The van der Waals surface area contributed by atoms with Gasteiger partial charge >= 0.3 is 0 Å². The largest absolute Gasteiger partial charge is 0.290 e. The highest BCUT2D eigenvalue weighted by molar-refractivity contribution is 7.12. The molecule has 12 heavy (non-hydrogen) atoms. The van der Waals surface area contributed by atoms with E-state index in [9.17, 15) is 0 Å². The topological polar surface area (TPSA) is 27.6 Å². The van der Waals surface area contributed by atoms with E-state index in [4.69, 9.17) is 0 Å². The van der Waals surface area contributed by atoms with Gasteiger partial charge in [-0.1, -0.05) is 6.07 Å². The van der Waals surface area contributed by atoms with Crippen molar-refractivity contribution in [3.63, 3.8) is 0 Å². The first-order valence-corrected chi connectivity index (χ1v) is 4.83. The third kappa shape index (κ3) is 1.23. The molecule has 0 radical (unpaired) electrons. The van der Waals surface area contributed by atoms with Crippen LogP contribution in [0.1, 0.15) is 4.88 Å². The Kier molecular flexibility index (Phi) is 2.10. The molecule has 2 rings (SSSR count). The summed E-state index contributed by atoms with van der Waals surface area (Å²) in [5, 5.41) is 4.15. The molecule has 4 heteroatoms. The number of nitrogens with one attached hydrogen (secondary N) is 1. The molecule has 0 bridgehead atoms. The second-order valence-electron chi connectivity index (χ2n) is 2.56. The Morgan fingerprint density at radius 2 is 2.58 bits per heavy atom. The summed E-state index contributed by atoms with van der Waals surface area (Å²) in [5.74, 6) is 1.08. The molecule has 1 aliphatic rings. The van der Waals surface area contributed by atoms with Crippen LogP contribution in [-0.2, 0) is 0 Å². The van der Waals surface area contributed by atoms with Gasteiger partial charge in [0, 0.05) is 7.05 Å². The summed E-state index contributed by atoms with van der Waals surface area (Å²) >= 11 is 1.73. The molecule has 0 atom stereocenters. The number of thiophene rings is 1. The highest BCUT2D eigenvalue weighted by atomic mass is 32.1. The van der Waals surface area contributed by atoms with E-state index < -0.39 is 0 Å². The monoisotopic (exact) mass is 181 g/mol. The van der Waals surface area contributed by atoms with Crippen molar-refractivity contribution in [2.45, 2.75) is 0 Å². The fourth-order valence-electron chi connectivity index (χ4n) is 1.28. The minimum atomic E-state index is 0.897. The maximum absolute atomic E-state index is 4.42. The van der Waals surface area contributed by atoms with E-state index in [2.05, 4.69) is 32.9 Å². The first-order chi connectivity index (χ1) is 5.92. The molecule has 1 N–H and O–H groups in total. The molecule has 64 valence electrons. The minimum absolute atomic E-state index is 0.897. The van der Waals surface area contributed by atoms with E-state index in [0.717, 1.165) is 18.9 Å². The first-order valence-electron chi connectivity index (χ1n) is 3.95. The van der Waals surface area contributed by atoms with Gasteiger partial charge < -0.3 is 0 Å². The third-order valence-corrected chi connectivity index (χ3v) is 2.72. The van der Waals surface area contributed by atoms with Crippen LogP contribution in [0.4, 0.5) is 0 Å². The van der Waals surface area contributed by atoms with Crippen molar-refractivity contribution in [2.75, 3.05) is 20.1 Å². The standard InChI is InChI=1S/C8H11N3S/c1-9-11-5-4-10-8(11)7-3-2-6-12-7/h2-3,6,9H,4-5H2,1H3. The van der Waals surface area contributed by atoms with Gasteiger partial charge in [-0.05, 0) is 11.4 Å². The third-order valence-electron chi connectivity index (χ3n) is 1.85. The number of hydrazine groups is 1. The van der Waals surface area contributed by atoms with Crippen molar-refractivity contribution < 1.29 is 0 Å². The van der Waals surface area contributed by atoms with Crippen molar-refractivity contribution in [3.05, 3.63) is 22.4 Å². The van der Waals surface area contributed by atoms with Crippen LogP contribution in [-0.4, -0.2) is 31.0 Å². The highest BCUT2D eigenvalue weighted by Crippen LogP contribution is 2.14. The molecule has 0 unspecified atom stereocenters. The van der Waals surface area contributed by atoms with E-state index in [1.54, 1.807) is 11.3 Å². The van der Waals surface area contributed by atoms with E-state index >= 15 is 0 Å². The fraction of sp³-hybridized carbons (Fsp3) is 0.375. The molecular formula is C8H11N3S. The zero-order chi connectivity index (χ0) is 8.39. The van der Waals surface area contributed by atoms with E-state index in [1.165, 1.54) is 4.88 Å². The second-order valence-corrected chi connectivity index (χ2v) is 3.51. The van der Waals surface area contributed by atoms with Gasteiger partial charge in [-0.2, -0.15) is 0 Å². The van der Waals surface area contributed by atoms with Gasteiger partial charge in [-0.15, -0.1) is 11.3 Å². The zero-order valence-corrected chi connectivity index (χ0v) is 7.77. The van der Waals surface area contributed by atoms with Gasteiger partial charge in [0.15, 0.2) is 5.84 Å². The Labute approximate surface area is 75.7 Å². The van der Waals surface area contributed by atoms with Crippen molar-refractivity contribution in [2.24, 2.45) is 4.99 Å². The lowest BCUT2D eigenvalue weighted by Crippen LogP contribution is -2.38. The highest BCUT2D eigenvalue weighted by Gasteiger charge is 2.17. The first kappa shape index (κ1) is 7.76. The molecule has 0 aliphatic carbocycles. The van der Waals surface area contributed by atoms with E-state index in [-0.39, 0.29) is 0 Å². The number of hydrogen-bond acceptors (Lipinski definition) is 4. The van der Waals surface area contributed by atoms with Crippen LogP contribution >= 0.6 is 11.3 Å². The Morgan fingerprint density at radius 1 is 1.67 bits per heavy atom. The molecule has 0 saturated heterocycles. The van der Waals surface area contributed by atoms with E-state index in [1.807, 2.05) is 7.05 Å². The summed E-state index contributed by atoms with van der Waals surface area (Å²) in [5.41, 5.74) is 3.11. The van der Waals surface area contributed by atoms with Crippen molar-refractivity contribution in [1.29, 1.82) is 0 Å². The molecule has 1 aromatic heterocycles. The summed E-state index contributed by atoms with van der Waals surface area (Å²) in [7, 11) is 1.93. The number of aliphatic imine (C=N–C) groups is 1. The lowest BCUT2D eigenvalue weighted by Gasteiger charge is -2.16. The molecule has 0 amide bonds. The number of rotatable bonds is 2. The summed E-state index contributed by atoms with van der Waals surface area (Å²) in [6.45, 7) is 1.87. The van der Waals surface area contributed by atoms with Crippen LogP contribution in [0.25, 0.3) is 0 Å². The van der Waals surface area contributed by atoms with Crippen LogP contribution in [0.15, 0.2) is 22.5 Å². The van der Waals surface area contributed by atoms with Crippen LogP contribution in [0.5, 0.6) is 0 Å². The molecule has 0 fully saturated rings. The van der Waals surface area contributed by atoms with Gasteiger partial charge in [0.1, 0.15) is 0 Å². The zero-order valence-electron chi connectivity index (χ0n) is 6.95. The molecular weight excluding hydrogens is 170 g/mol. The average Bonchev–Trinajstić information content (AvgIpc) is 2.74. The van der Waals surface area contributed by atoms with Gasteiger partial charge in [0.05, 0.1) is 18.0 Å². The normalized spacial score (nSPS) is 16.8. The van der Waals surface area contributed by atoms with Crippen LogP contribution in [0, 0.1) is 0 Å². The van der Waals surface area contributed by atoms with Crippen LogP contribution < -0.4 is 5.43 Å². The molecule has 1 aliphatic heterocycles. The van der Waals surface area contributed by atoms with Gasteiger partial charge in [0.25, 0.3) is 0 Å². The number of hydrogen-bond donors (Lipinski definition) is 1. The van der Waals surface area contributed by atoms with Crippen LogP contribution in [0.2, 0.25) is 0 Å². The lowest BCUT2D eigenvalue weighted by atomic mass is 10.4. The maximum Gasteiger partial charge on any atom is 0.155 e. The number of amidine groups is 1. The quantitative estimate of drug-likeness (QED) is 0.735. The average molecular weight is 181 g/mol. The lowest BCUT2D eigenvalue weighted by molar-refractivity contribution is 0.372. The molecule has 0 spiro atoms. The van der Waals surface area contributed by atoms with Gasteiger partial charge in [-0.3, -0.25) is 10.0 Å². The van der Waals surface area contributed by atoms with Crippen molar-refractivity contribution in [1.82, 2.24) is 10.4 Å². The van der Waals surface area contributed by atoms with Gasteiger partial charge in [-0.25, -0.2) is 5.43 Å². The minimum Gasteiger partial charge on any atom is -0.290 e. The summed E-state index contributed by atoms with van der Waals surface area (Å²) < 4.78 is 0. The van der Waals surface area contributed by atoms with Gasteiger partial charge in [0.2, 0.25) is 0 Å². The van der Waals surface area contributed by atoms with Crippen molar-refractivity contribution in [3.8, 4) is 0 Å². The maximum atomic E-state index is 4.42. The van der Waals surface area contributed by atoms with Crippen LogP contribution in [0.3, 0.4) is 0 Å². The fourth-order valence-corrected chi connectivity index (χ4v) is 2.02. The Bertz CT molecular complexity index is 279. The summed E-state index contributed by atoms with van der Waals surface area (Å²) in [4.78, 5) is 5.66. The summed E-state index contributed by atoms with van der Waals surface area (Å²) in [6, 6.07) is 4.15. The predicted molar refractivity (Wildman–Crippen MR) is 51.5 cm³/mol. The molecule has 0 aromatic carbocycles. The SMILES string of the molecule is CNN1CCN=C1c1cccs1. The molecule has 2 heterocycles. The molecule has 1 aromatic rings.